The van der Waals surface area contributed by atoms with Gasteiger partial charge in [0.15, 0.2) is 5.70 Å². The predicted molar refractivity (Wildman–Crippen MR) is 80.7 cm³/mol. The van der Waals surface area contributed by atoms with E-state index < -0.39 is 10.7 Å². The topological polar surface area (TPSA) is 72.2 Å². The third-order valence-corrected chi connectivity index (χ3v) is 2.85. The smallest absolute Gasteiger partial charge is 0.261 e. The fraction of sp³-hybridized carbons (Fsp3) is 0.0625. The first-order valence-corrected chi connectivity index (χ1v) is 6.35. The third-order valence-electron chi connectivity index (χ3n) is 2.85. The van der Waals surface area contributed by atoms with Crippen molar-refractivity contribution in [3.05, 3.63) is 87.7 Å². The number of carbonyl (C=O) groups is 1. The van der Waals surface area contributed by atoms with Crippen LogP contribution in [-0.2, 0) is 0 Å². The fourth-order valence-electron chi connectivity index (χ4n) is 1.79. The van der Waals surface area contributed by atoms with Gasteiger partial charge < -0.3 is 5.32 Å². The molecule has 0 spiro atoms. The summed E-state index contributed by atoms with van der Waals surface area (Å²) in [4.78, 5) is 22.4. The van der Waals surface area contributed by atoms with Crippen molar-refractivity contribution in [3.63, 3.8) is 0 Å². The molecule has 5 heteroatoms. The van der Waals surface area contributed by atoms with Crippen LogP contribution >= 0.6 is 0 Å². The molecule has 0 heterocycles. The van der Waals surface area contributed by atoms with Gasteiger partial charge in [0.05, 0.1) is 4.92 Å². The van der Waals surface area contributed by atoms with Gasteiger partial charge in [-0.15, -0.1) is 0 Å². The van der Waals surface area contributed by atoms with Crippen LogP contribution in [-0.4, -0.2) is 10.7 Å². The lowest BCUT2D eigenvalue weighted by Crippen LogP contribution is -2.13. The number of benzene rings is 2. The lowest BCUT2D eigenvalue weighted by molar-refractivity contribution is -0.403. The Morgan fingerprint density at radius 1 is 1.10 bits per heavy atom. The maximum atomic E-state index is 12.3. The molecular weight excluding hydrogens is 268 g/mol. The molecule has 0 bridgehead atoms. The Bertz CT molecular complexity index is 676. The zero-order valence-corrected chi connectivity index (χ0v) is 11.4. The highest BCUT2D eigenvalue weighted by Crippen LogP contribution is 2.15. The van der Waals surface area contributed by atoms with E-state index in [-0.39, 0.29) is 5.70 Å². The van der Waals surface area contributed by atoms with Crippen LogP contribution in [0.15, 0.2) is 66.5 Å². The van der Waals surface area contributed by atoms with Crippen LogP contribution < -0.4 is 5.32 Å². The summed E-state index contributed by atoms with van der Waals surface area (Å²) in [5, 5.41) is 13.5. The van der Waals surface area contributed by atoms with E-state index in [9.17, 15) is 14.9 Å². The molecule has 0 aliphatic carbocycles. The zero-order valence-electron chi connectivity index (χ0n) is 11.4. The van der Waals surface area contributed by atoms with Crippen molar-refractivity contribution < 1.29 is 9.72 Å². The van der Waals surface area contributed by atoms with Crippen molar-refractivity contribution in [2.24, 2.45) is 0 Å². The molecule has 0 saturated heterocycles. The second kappa shape index (κ2) is 6.47. The molecule has 0 aliphatic heterocycles. The van der Waals surface area contributed by atoms with E-state index >= 15 is 0 Å². The van der Waals surface area contributed by atoms with Crippen LogP contribution in [0.2, 0.25) is 0 Å². The summed E-state index contributed by atoms with van der Waals surface area (Å²) in [5.41, 5.74) is 2.01. The van der Waals surface area contributed by atoms with Crippen molar-refractivity contribution >= 4 is 11.5 Å². The number of nitrogens with one attached hydrogen (secondary N) is 1. The molecule has 5 nitrogen and oxygen atoms in total. The third kappa shape index (κ3) is 4.01. The van der Waals surface area contributed by atoms with Gasteiger partial charge in [0.25, 0.3) is 6.20 Å². The van der Waals surface area contributed by atoms with Gasteiger partial charge in [0.2, 0.25) is 5.78 Å². The van der Waals surface area contributed by atoms with E-state index in [1.807, 2.05) is 19.1 Å². The van der Waals surface area contributed by atoms with Gasteiger partial charge in [-0.3, -0.25) is 14.9 Å². The van der Waals surface area contributed by atoms with Crippen LogP contribution in [0, 0.1) is 17.0 Å². The van der Waals surface area contributed by atoms with Crippen molar-refractivity contribution in [1.82, 2.24) is 0 Å². The molecule has 21 heavy (non-hydrogen) atoms. The second-order valence-corrected chi connectivity index (χ2v) is 4.51. The van der Waals surface area contributed by atoms with Crippen LogP contribution in [0.25, 0.3) is 0 Å². The first kappa shape index (κ1) is 14.5. The van der Waals surface area contributed by atoms with Gasteiger partial charge in [-0.1, -0.05) is 48.0 Å². The van der Waals surface area contributed by atoms with E-state index in [2.05, 4.69) is 5.32 Å². The summed E-state index contributed by atoms with van der Waals surface area (Å²) in [6.07, 6.45) is 0.690. The van der Waals surface area contributed by atoms with Crippen molar-refractivity contribution in [2.75, 3.05) is 5.32 Å². The second-order valence-electron chi connectivity index (χ2n) is 4.51. The highest BCUT2D eigenvalue weighted by molar-refractivity contribution is 6.10. The van der Waals surface area contributed by atoms with Gasteiger partial charge in [0, 0.05) is 11.3 Å². The number of hydrogen-bond donors (Lipinski definition) is 1. The van der Waals surface area contributed by atoms with Crippen LogP contribution in [0.1, 0.15) is 15.9 Å². The van der Waals surface area contributed by atoms with Gasteiger partial charge >= 0.3 is 0 Å². The Morgan fingerprint density at radius 3 is 2.29 bits per heavy atom. The fourth-order valence-corrected chi connectivity index (χ4v) is 1.79. The maximum Gasteiger partial charge on any atom is 0.261 e. The number of hydrogen-bond acceptors (Lipinski definition) is 4. The number of aryl methyl sites for hydroxylation is 1. The Hall–Kier alpha value is -2.95. The minimum absolute atomic E-state index is 0.0740. The summed E-state index contributed by atoms with van der Waals surface area (Å²) >= 11 is 0. The number of carbonyl (C=O) groups excluding carboxylic acids is 1. The molecule has 2 aromatic rings. The zero-order chi connectivity index (χ0) is 15.2. The molecule has 0 unspecified atom stereocenters. The van der Waals surface area contributed by atoms with Crippen molar-refractivity contribution in [3.8, 4) is 0 Å². The molecular formula is C16H14N2O3. The Balaban J connectivity index is 2.29. The van der Waals surface area contributed by atoms with Gasteiger partial charge in [-0.05, 0) is 19.1 Å². The number of nitrogens with zero attached hydrogens (tertiary/aromatic N) is 1. The minimum Gasteiger partial charge on any atom is -0.347 e. The molecule has 0 saturated carbocycles. The molecule has 0 amide bonds. The molecule has 0 fully saturated rings. The SMILES string of the molecule is Cc1ccc(N/C(=C\[N+](=O)[O-])C(=O)c2ccccc2)cc1. The van der Waals surface area contributed by atoms with Crippen molar-refractivity contribution in [1.29, 1.82) is 0 Å². The molecule has 2 rings (SSSR count). The van der Waals surface area contributed by atoms with Gasteiger partial charge in [-0.25, -0.2) is 0 Å². The highest BCUT2D eigenvalue weighted by Gasteiger charge is 2.16. The number of nitro groups is 1. The molecule has 0 aliphatic rings. The number of rotatable bonds is 5. The maximum absolute atomic E-state index is 12.3. The normalized spacial score (nSPS) is 11.0. The molecule has 0 aromatic heterocycles. The Kier molecular flexibility index (Phi) is 4.46. The van der Waals surface area contributed by atoms with E-state index in [0.717, 1.165) is 5.56 Å². The summed E-state index contributed by atoms with van der Waals surface area (Å²) in [7, 11) is 0. The Labute approximate surface area is 122 Å². The quantitative estimate of drug-likeness (QED) is 0.395. The summed E-state index contributed by atoms with van der Waals surface area (Å²) in [5.74, 6) is -0.423. The summed E-state index contributed by atoms with van der Waals surface area (Å²) < 4.78 is 0. The first-order chi connectivity index (χ1) is 10.1. The molecule has 0 radical (unpaired) electrons. The number of ketones is 1. The molecule has 106 valence electrons. The Morgan fingerprint density at radius 2 is 1.71 bits per heavy atom. The average Bonchev–Trinajstić information content (AvgIpc) is 2.48. The van der Waals surface area contributed by atoms with Crippen LogP contribution in [0.5, 0.6) is 0 Å². The lowest BCUT2D eigenvalue weighted by Gasteiger charge is -2.08. The number of Topliss-reactive ketones (excluding diaryl/α,β-unsaturated/α-hetero) is 1. The van der Waals surface area contributed by atoms with E-state index in [0.29, 0.717) is 17.5 Å². The number of anilines is 1. The monoisotopic (exact) mass is 282 g/mol. The molecule has 1 N–H and O–H groups in total. The molecule has 0 atom stereocenters. The van der Waals surface area contributed by atoms with Crippen molar-refractivity contribution in [2.45, 2.75) is 6.92 Å². The highest BCUT2D eigenvalue weighted by atomic mass is 16.6. The van der Waals surface area contributed by atoms with E-state index in [1.165, 1.54) is 0 Å². The first-order valence-electron chi connectivity index (χ1n) is 6.35. The summed E-state index contributed by atoms with van der Waals surface area (Å²) in [6.45, 7) is 1.94. The molecule has 2 aromatic carbocycles. The summed E-state index contributed by atoms with van der Waals surface area (Å²) in [6, 6.07) is 15.7. The van der Waals surface area contributed by atoms with E-state index in [1.54, 1.807) is 42.5 Å². The predicted octanol–water partition coefficient (Wildman–Crippen LogP) is 3.41. The standard InChI is InChI=1S/C16H14N2O3/c1-12-7-9-14(10-8-12)17-15(11-18(20)21)16(19)13-5-3-2-4-6-13/h2-11,17H,1H3/b15-11-. The van der Waals surface area contributed by atoms with Gasteiger partial charge in [-0.2, -0.15) is 0 Å². The van der Waals surface area contributed by atoms with Crippen LogP contribution in [0.3, 0.4) is 0 Å². The van der Waals surface area contributed by atoms with E-state index in [4.69, 9.17) is 0 Å². The average molecular weight is 282 g/mol. The van der Waals surface area contributed by atoms with Gasteiger partial charge in [0.1, 0.15) is 0 Å². The number of allylic oxidation sites excluding steroid dienone is 1. The minimum atomic E-state index is -0.642. The van der Waals surface area contributed by atoms with Crippen LogP contribution in [0.4, 0.5) is 5.69 Å². The largest absolute Gasteiger partial charge is 0.347 e. The lowest BCUT2D eigenvalue weighted by atomic mass is 10.1.